The second-order valence-electron chi connectivity index (χ2n) is 5.86. The van der Waals surface area contributed by atoms with Crippen LogP contribution >= 0.6 is 0 Å². The van der Waals surface area contributed by atoms with Crippen LogP contribution in [0.2, 0.25) is 0 Å². The van der Waals surface area contributed by atoms with Gasteiger partial charge in [0.05, 0.1) is 23.7 Å². The summed E-state index contributed by atoms with van der Waals surface area (Å²) in [7, 11) is 1.91. The van der Waals surface area contributed by atoms with Crippen molar-refractivity contribution in [2.45, 2.75) is 26.5 Å². The lowest BCUT2D eigenvalue weighted by Gasteiger charge is -2.12. The summed E-state index contributed by atoms with van der Waals surface area (Å²) in [5.41, 5.74) is 2.76. The summed E-state index contributed by atoms with van der Waals surface area (Å²) in [5.74, 6) is -0.680. The number of carbonyl (C=O) groups excluding carboxylic acids is 1. The third-order valence-corrected chi connectivity index (χ3v) is 3.79. The van der Waals surface area contributed by atoms with E-state index < -0.39 is 5.97 Å². The molecule has 0 N–H and O–H groups in total. The number of esters is 1. The zero-order chi connectivity index (χ0) is 16.6. The fourth-order valence-electron chi connectivity index (χ4n) is 2.68. The molecule has 3 rings (SSSR count). The Hall–Kier alpha value is -2.56. The van der Waals surface area contributed by atoms with Crippen LogP contribution in [-0.4, -0.2) is 21.2 Å². The Morgan fingerprint density at radius 1 is 1.22 bits per heavy atom. The largest absolute Gasteiger partial charge is 0.458 e. The number of aromatic nitrogens is 2. The number of nitrogens with zero attached hydrogens (tertiary/aromatic N) is 2. The molecule has 1 aromatic carbocycles. The highest BCUT2D eigenvalue weighted by Gasteiger charge is 2.20. The molecule has 2 heterocycles. The smallest absolute Gasteiger partial charge is 0.355 e. The Bertz CT molecular complexity index is 861. The molecular formula is C18H19FN2O2. The first-order chi connectivity index (χ1) is 11.0. The highest BCUT2D eigenvalue weighted by molar-refractivity contribution is 5.95. The predicted molar refractivity (Wildman–Crippen MR) is 87.0 cm³/mol. The Labute approximate surface area is 134 Å². The molecule has 0 aliphatic rings. The number of halogens is 1. The van der Waals surface area contributed by atoms with Crippen LogP contribution in [0.4, 0.5) is 4.39 Å². The van der Waals surface area contributed by atoms with Gasteiger partial charge in [-0.1, -0.05) is 18.2 Å². The van der Waals surface area contributed by atoms with Crippen molar-refractivity contribution in [1.29, 1.82) is 0 Å². The van der Waals surface area contributed by atoms with E-state index in [4.69, 9.17) is 4.74 Å². The van der Waals surface area contributed by atoms with Crippen LogP contribution in [0.25, 0.3) is 11.0 Å². The molecule has 4 nitrogen and oxygen atoms in total. The third-order valence-electron chi connectivity index (χ3n) is 3.79. The number of aryl methyl sites for hydroxylation is 1. The maximum atomic E-state index is 14.0. The van der Waals surface area contributed by atoms with Gasteiger partial charge in [0.25, 0.3) is 0 Å². The maximum absolute atomic E-state index is 14.0. The fraction of sp³-hybridized carbons (Fsp3) is 0.278. The lowest BCUT2D eigenvalue weighted by Crippen LogP contribution is -2.16. The molecule has 3 aromatic rings. The van der Waals surface area contributed by atoms with Crippen LogP contribution in [0, 0.1) is 5.82 Å². The SMILES string of the molecule is CC(C)OC(=O)c1cc2c(ccn2C)n1Cc1ccccc1F. The number of hydrogen-bond acceptors (Lipinski definition) is 2. The zero-order valence-corrected chi connectivity index (χ0v) is 13.4. The van der Waals surface area contributed by atoms with Gasteiger partial charge in [-0.3, -0.25) is 0 Å². The van der Waals surface area contributed by atoms with Gasteiger partial charge in [0, 0.05) is 18.8 Å². The van der Waals surface area contributed by atoms with Crippen molar-refractivity contribution in [3.8, 4) is 0 Å². The van der Waals surface area contributed by atoms with Gasteiger partial charge < -0.3 is 13.9 Å². The number of fused-ring (bicyclic) bond motifs is 1. The Kier molecular flexibility index (Phi) is 3.94. The van der Waals surface area contributed by atoms with E-state index in [1.807, 2.05) is 37.7 Å². The molecule has 0 atom stereocenters. The molecule has 0 bridgehead atoms. The highest BCUT2D eigenvalue weighted by Crippen LogP contribution is 2.23. The first-order valence-electron chi connectivity index (χ1n) is 7.56. The molecule has 0 fully saturated rings. The Morgan fingerprint density at radius 2 is 1.96 bits per heavy atom. The van der Waals surface area contributed by atoms with E-state index in [0.29, 0.717) is 11.3 Å². The molecule has 5 heteroatoms. The minimum atomic E-state index is -0.396. The van der Waals surface area contributed by atoms with E-state index >= 15 is 0 Å². The van der Waals surface area contributed by atoms with Crippen LogP contribution < -0.4 is 0 Å². The monoisotopic (exact) mass is 314 g/mol. The molecule has 0 amide bonds. The summed E-state index contributed by atoms with van der Waals surface area (Å²) in [6.45, 7) is 3.90. The van der Waals surface area contributed by atoms with Gasteiger partial charge in [-0.15, -0.1) is 0 Å². The van der Waals surface area contributed by atoms with Crippen molar-refractivity contribution >= 4 is 17.0 Å². The standard InChI is InChI=1S/C18H19FN2O2/c1-12(2)23-18(22)17-10-16-15(8-9-20(16)3)21(17)11-13-6-4-5-7-14(13)19/h4-10,12H,11H2,1-3H3. The van der Waals surface area contributed by atoms with E-state index in [1.54, 1.807) is 28.8 Å². The number of ether oxygens (including phenoxy) is 1. The second-order valence-corrected chi connectivity index (χ2v) is 5.86. The van der Waals surface area contributed by atoms with Gasteiger partial charge in [-0.25, -0.2) is 9.18 Å². The summed E-state index contributed by atoms with van der Waals surface area (Å²) >= 11 is 0. The molecule has 0 unspecified atom stereocenters. The molecule has 0 saturated carbocycles. The van der Waals surface area contributed by atoms with E-state index in [1.165, 1.54) is 6.07 Å². The van der Waals surface area contributed by atoms with Gasteiger partial charge in [-0.05, 0) is 32.0 Å². The predicted octanol–water partition coefficient (Wildman–Crippen LogP) is 3.73. The fourth-order valence-corrected chi connectivity index (χ4v) is 2.68. The van der Waals surface area contributed by atoms with Crippen molar-refractivity contribution in [2.24, 2.45) is 7.05 Å². The number of hydrogen-bond donors (Lipinski definition) is 0. The van der Waals surface area contributed by atoms with Gasteiger partial charge in [0.2, 0.25) is 0 Å². The van der Waals surface area contributed by atoms with E-state index in [9.17, 15) is 9.18 Å². The third kappa shape index (κ3) is 2.86. The van der Waals surface area contributed by atoms with Crippen molar-refractivity contribution in [1.82, 2.24) is 9.13 Å². The van der Waals surface area contributed by atoms with E-state index in [-0.39, 0.29) is 18.5 Å². The minimum absolute atomic E-state index is 0.206. The average molecular weight is 314 g/mol. The van der Waals surface area contributed by atoms with Crippen LogP contribution in [0.3, 0.4) is 0 Å². The van der Waals surface area contributed by atoms with Crippen molar-refractivity contribution in [2.75, 3.05) is 0 Å². The number of carbonyl (C=O) groups is 1. The van der Waals surface area contributed by atoms with Crippen molar-refractivity contribution < 1.29 is 13.9 Å². The summed E-state index contributed by atoms with van der Waals surface area (Å²) in [6, 6.07) is 10.3. The second kappa shape index (κ2) is 5.91. The van der Waals surface area contributed by atoms with Gasteiger partial charge in [0.1, 0.15) is 11.5 Å². The van der Waals surface area contributed by atoms with Gasteiger partial charge in [-0.2, -0.15) is 0 Å². The van der Waals surface area contributed by atoms with Crippen molar-refractivity contribution in [3.05, 3.63) is 59.7 Å². The maximum Gasteiger partial charge on any atom is 0.355 e. The van der Waals surface area contributed by atoms with E-state index in [0.717, 1.165) is 11.0 Å². The molecule has 0 spiro atoms. The summed E-state index contributed by atoms with van der Waals surface area (Å²) in [6.07, 6.45) is 1.71. The molecular weight excluding hydrogens is 295 g/mol. The number of rotatable bonds is 4. The first kappa shape index (κ1) is 15.3. The Balaban J connectivity index is 2.09. The van der Waals surface area contributed by atoms with Crippen LogP contribution in [-0.2, 0) is 18.3 Å². The van der Waals surface area contributed by atoms with Gasteiger partial charge in [0.15, 0.2) is 0 Å². The average Bonchev–Trinajstić information content (AvgIpc) is 3.02. The molecule has 0 aliphatic carbocycles. The number of benzene rings is 1. The minimum Gasteiger partial charge on any atom is -0.458 e. The zero-order valence-electron chi connectivity index (χ0n) is 13.4. The van der Waals surface area contributed by atoms with Crippen LogP contribution in [0.1, 0.15) is 29.9 Å². The summed E-state index contributed by atoms with van der Waals surface area (Å²) in [4.78, 5) is 12.4. The quantitative estimate of drug-likeness (QED) is 0.688. The lowest BCUT2D eigenvalue weighted by molar-refractivity contribution is 0.0366. The van der Waals surface area contributed by atoms with E-state index in [2.05, 4.69) is 0 Å². The topological polar surface area (TPSA) is 36.2 Å². The molecule has 120 valence electrons. The lowest BCUT2D eigenvalue weighted by atomic mass is 10.2. The molecule has 2 aromatic heterocycles. The molecule has 0 aliphatic heterocycles. The Morgan fingerprint density at radius 3 is 2.65 bits per heavy atom. The van der Waals surface area contributed by atoms with Crippen molar-refractivity contribution in [3.63, 3.8) is 0 Å². The normalized spacial score (nSPS) is 11.3. The molecule has 23 heavy (non-hydrogen) atoms. The summed E-state index contributed by atoms with van der Waals surface area (Å²) in [5, 5.41) is 0. The van der Waals surface area contributed by atoms with Crippen LogP contribution in [0.5, 0.6) is 0 Å². The highest BCUT2D eigenvalue weighted by atomic mass is 19.1. The molecule has 0 saturated heterocycles. The first-order valence-corrected chi connectivity index (χ1v) is 7.56. The van der Waals surface area contributed by atoms with Gasteiger partial charge >= 0.3 is 5.97 Å². The summed E-state index contributed by atoms with van der Waals surface area (Å²) < 4.78 is 23.0. The van der Waals surface area contributed by atoms with Crippen LogP contribution in [0.15, 0.2) is 42.6 Å². The molecule has 0 radical (unpaired) electrons.